The first kappa shape index (κ1) is 10.7. The lowest BCUT2D eigenvalue weighted by Gasteiger charge is -2.49. The number of H-pyrrole nitrogens is 1. The van der Waals surface area contributed by atoms with Gasteiger partial charge in [-0.25, -0.2) is 0 Å². The first-order valence-electron chi connectivity index (χ1n) is 5.69. The predicted molar refractivity (Wildman–Crippen MR) is 62.6 cm³/mol. The average Bonchev–Trinajstić information content (AvgIpc) is 2.62. The molecule has 1 aromatic heterocycles. The molecule has 1 aliphatic carbocycles. The fourth-order valence-corrected chi connectivity index (χ4v) is 2.93. The third kappa shape index (κ3) is 1.70. The molecule has 1 fully saturated rings. The van der Waals surface area contributed by atoms with Gasteiger partial charge in [0, 0.05) is 23.9 Å². The van der Waals surface area contributed by atoms with Crippen molar-refractivity contribution in [1.29, 1.82) is 0 Å². The molecular formula is C12H21N3. The van der Waals surface area contributed by atoms with Crippen molar-refractivity contribution < 1.29 is 0 Å². The molecule has 0 aliphatic heterocycles. The standard InChI is InChI=1S/C12H21N3/c1-15(2)11(10-4-7-14-8-10)12(9-13)5-3-6-12/h4,7-8,11,14H,3,5-6,9,13H2,1-2H3. The van der Waals surface area contributed by atoms with E-state index in [0.717, 1.165) is 6.54 Å². The van der Waals surface area contributed by atoms with Crippen molar-refractivity contribution in [3.63, 3.8) is 0 Å². The van der Waals surface area contributed by atoms with E-state index >= 15 is 0 Å². The van der Waals surface area contributed by atoms with Gasteiger partial charge >= 0.3 is 0 Å². The molecule has 0 spiro atoms. The van der Waals surface area contributed by atoms with Crippen LogP contribution in [0.3, 0.4) is 0 Å². The third-order valence-electron chi connectivity index (χ3n) is 3.79. The van der Waals surface area contributed by atoms with E-state index in [1.54, 1.807) is 0 Å². The zero-order valence-corrected chi connectivity index (χ0v) is 9.66. The minimum atomic E-state index is 0.311. The highest BCUT2D eigenvalue weighted by atomic mass is 15.1. The van der Waals surface area contributed by atoms with Gasteiger partial charge in [0.15, 0.2) is 0 Å². The van der Waals surface area contributed by atoms with Gasteiger partial charge in [-0.1, -0.05) is 6.42 Å². The molecule has 1 unspecified atom stereocenters. The number of hydrogen-bond donors (Lipinski definition) is 2. The van der Waals surface area contributed by atoms with Crippen LogP contribution in [0.25, 0.3) is 0 Å². The van der Waals surface area contributed by atoms with Gasteiger partial charge in [-0.15, -0.1) is 0 Å². The summed E-state index contributed by atoms with van der Waals surface area (Å²) in [4.78, 5) is 5.44. The molecule has 3 N–H and O–H groups in total. The molecule has 0 bridgehead atoms. The van der Waals surface area contributed by atoms with Crippen molar-refractivity contribution >= 4 is 0 Å². The second-order valence-electron chi connectivity index (χ2n) is 4.93. The molecular weight excluding hydrogens is 186 g/mol. The van der Waals surface area contributed by atoms with Crippen molar-refractivity contribution in [2.75, 3.05) is 20.6 Å². The normalized spacial score (nSPS) is 21.3. The maximum absolute atomic E-state index is 5.98. The number of nitrogens with one attached hydrogen (secondary N) is 1. The summed E-state index contributed by atoms with van der Waals surface area (Å²) in [6.45, 7) is 0.793. The fraction of sp³-hybridized carbons (Fsp3) is 0.667. The number of hydrogen-bond acceptors (Lipinski definition) is 2. The molecule has 1 atom stereocenters. The van der Waals surface area contributed by atoms with Gasteiger partial charge in [0.25, 0.3) is 0 Å². The lowest BCUT2D eigenvalue weighted by atomic mass is 9.62. The second-order valence-corrected chi connectivity index (χ2v) is 4.93. The van der Waals surface area contributed by atoms with Gasteiger partial charge in [0.05, 0.1) is 0 Å². The molecule has 3 heteroatoms. The Morgan fingerprint density at radius 1 is 1.53 bits per heavy atom. The minimum Gasteiger partial charge on any atom is -0.367 e. The molecule has 0 radical (unpaired) electrons. The summed E-state index contributed by atoms with van der Waals surface area (Å²) in [5.41, 5.74) is 7.65. The molecule has 3 nitrogen and oxygen atoms in total. The van der Waals surface area contributed by atoms with Crippen LogP contribution in [-0.4, -0.2) is 30.5 Å². The highest BCUT2D eigenvalue weighted by molar-refractivity contribution is 5.19. The minimum absolute atomic E-state index is 0.311. The highest BCUT2D eigenvalue weighted by Crippen LogP contribution is 2.51. The fourth-order valence-electron chi connectivity index (χ4n) is 2.93. The van der Waals surface area contributed by atoms with Crippen LogP contribution in [0.4, 0.5) is 0 Å². The molecule has 15 heavy (non-hydrogen) atoms. The lowest BCUT2D eigenvalue weighted by Crippen LogP contribution is -2.47. The highest BCUT2D eigenvalue weighted by Gasteiger charge is 2.44. The molecule has 1 aromatic rings. The molecule has 1 saturated carbocycles. The van der Waals surface area contributed by atoms with Crippen molar-refractivity contribution in [2.24, 2.45) is 11.1 Å². The zero-order chi connectivity index (χ0) is 10.9. The molecule has 2 rings (SSSR count). The van der Waals surface area contributed by atoms with Crippen molar-refractivity contribution in [3.05, 3.63) is 24.0 Å². The summed E-state index contributed by atoms with van der Waals surface area (Å²) in [6, 6.07) is 2.63. The quantitative estimate of drug-likeness (QED) is 0.790. The van der Waals surface area contributed by atoms with Crippen molar-refractivity contribution in [1.82, 2.24) is 9.88 Å². The Morgan fingerprint density at radius 2 is 2.27 bits per heavy atom. The molecule has 84 valence electrons. The van der Waals surface area contributed by atoms with Crippen molar-refractivity contribution in [2.45, 2.75) is 25.3 Å². The van der Waals surface area contributed by atoms with Crippen LogP contribution in [-0.2, 0) is 0 Å². The number of aromatic amines is 1. The summed E-state index contributed by atoms with van der Waals surface area (Å²) in [5, 5.41) is 0. The van der Waals surface area contributed by atoms with Crippen LogP contribution in [0.2, 0.25) is 0 Å². The maximum atomic E-state index is 5.98. The largest absolute Gasteiger partial charge is 0.367 e. The average molecular weight is 207 g/mol. The van der Waals surface area contributed by atoms with E-state index in [9.17, 15) is 0 Å². The smallest absolute Gasteiger partial charge is 0.0425 e. The van der Waals surface area contributed by atoms with Gasteiger partial charge < -0.3 is 15.6 Å². The predicted octanol–water partition coefficient (Wildman–Crippen LogP) is 1.75. The van der Waals surface area contributed by atoms with Crippen LogP contribution in [0.5, 0.6) is 0 Å². The summed E-state index contributed by atoms with van der Waals surface area (Å²) in [6.07, 6.45) is 7.94. The number of rotatable bonds is 4. The van der Waals surface area contributed by atoms with Crippen LogP contribution in [0, 0.1) is 5.41 Å². The monoisotopic (exact) mass is 207 g/mol. The SMILES string of the molecule is CN(C)C(c1cc[nH]c1)C1(CN)CCC1. The van der Waals surface area contributed by atoms with E-state index < -0.39 is 0 Å². The lowest BCUT2D eigenvalue weighted by molar-refractivity contribution is 0.0282. The Hall–Kier alpha value is -0.800. The van der Waals surface area contributed by atoms with E-state index in [1.807, 2.05) is 6.20 Å². The number of nitrogens with zero attached hydrogens (tertiary/aromatic N) is 1. The summed E-state index contributed by atoms with van der Waals surface area (Å²) in [5.74, 6) is 0. The van der Waals surface area contributed by atoms with E-state index in [2.05, 4.69) is 36.2 Å². The van der Waals surface area contributed by atoms with Gasteiger partial charge in [-0.3, -0.25) is 0 Å². The maximum Gasteiger partial charge on any atom is 0.0425 e. The summed E-state index contributed by atoms with van der Waals surface area (Å²) < 4.78 is 0. The Morgan fingerprint density at radius 3 is 2.60 bits per heavy atom. The van der Waals surface area contributed by atoms with E-state index in [-0.39, 0.29) is 0 Å². The van der Waals surface area contributed by atoms with Crippen molar-refractivity contribution in [3.8, 4) is 0 Å². The number of nitrogens with two attached hydrogens (primary N) is 1. The zero-order valence-electron chi connectivity index (χ0n) is 9.66. The summed E-state index contributed by atoms with van der Waals surface area (Å²) in [7, 11) is 4.29. The van der Waals surface area contributed by atoms with Gasteiger partial charge in [-0.2, -0.15) is 0 Å². The summed E-state index contributed by atoms with van der Waals surface area (Å²) >= 11 is 0. The van der Waals surface area contributed by atoms with E-state index in [0.29, 0.717) is 11.5 Å². The van der Waals surface area contributed by atoms with Crippen LogP contribution < -0.4 is 5.73 Å². The van der Waals surface area contributed by atoms with Crippen LogP contribution in [0.15, 0.2) is 18.5 Å². The Labute approximate surface area is 91.7 Å². The molecule has 1 heterocycles. The molecule has 0 aromatic carbocycles. The van der Waals surface area contributed by atoms with Gasteiger partial charge in [0.1, 0.15) is 0 Å². The second kappa shape index (κ2) is 3.99. The molecule has 0 amide bonds. The first-order chi connectivity index (χ1) is 7.19. The van der Waals surface area contributed by atoms with E-state index in [4.69, 9.17) is 5.73 Å². The van der Waals surface area contributed by atoms with Crippen LogP contribution in [0.1, 0.15) is 30.9 Å². The first-order valence-corrected chi connectivity index (χ1v) is 5.69. The number of aromatic nitrogens is 1. The van der Waals surface area contributed by atoms with Gasteiger partial charge in [0.2, 0.25) is 0 Å². The Balaban J connectivity index is 2.27. The Bertz CT molecular complexity index is 293. The molecule has 1 aliphatic rings. The van der Waals surface area contributed by atoms with Crippen LogP contribution >= 0.6 is 0 Å². The van der Waals surface area contributed by atoms with E-state index in [1.165, 1.54) is 24.8 Å². The van der Waals surface area contributed by atoms with Gasteiger partial charge in [-0.05, 0) is 45.1 Å². The third-order valence-corrected chi connectivity index (χ3v) is 3.79. The molecule has 0 saturated heterocycles. The topological polar surface area (TPSA) is 45.0 Å². The Kier molecular flexibility index (Phi) is 2.85.